The van der Waals surface area contributed by atoms with Crippen LogP contribution < -0.4 is 4.31 Å². The van der Waals surface area contributed by atoms with E-state index in [9.17, 15) is 18.3 Å². The van der Waals surface area contributed by atoms with Gasteiger partial charge < -0.3 is 5.11 Å². The van der Waals surface area contributed by atoms with E-state index >= 15 is 0 Å². The molecule has 124 valence electrons. The number of hydrogen-bond donors (Lipinski definition) is 1. The van der Waals surface area contributed by atoms with Crippen molar-refractivity contribution in [3.8, 4) is 0 Å². The predicted octanol–water partition coefficient (Wildman–Crippen LogP) is 4.25. The number of carboxylic acid groups (broad SMARTS) is 1. The molecule has 0 bridgehead atoms. The van der Waals surface area contributed by atoms with E-state index in [0.717, 1.165) is 0 Å². The summed E-state index contributed by atoms with van der Waals surface area (Å²) < 4.78 is 23.9. The molecule has 0 radical (unpaired) electrons. The first-order chi connectivity index (χ1) is 9.67. The molecule has 7 heteroatoms. The van der Waals surface area contributed by atoms with Crippen LogP contribution in [0.3, 0.4) is 0 Å². The number of benzene rings is 1. The molecule has 0 heterocycles. The average molecular weight is 348 g/mol. The summed E-state index contributed by atoms with van der Waals surface area (Å²) in [6, 6.07) is 5.25. The summed E-state index contributed by atoms with van der Waals surface area (Å²) in [5, 5.41) is 9.40. The van der Waals surface area contributed by atoms with Crippen LogP contribution in [-0.2, 0) is 20.1 Å². The Morgan fingerprint density at radius 3 is 1.64 bits per heavy atom. The van der Waals surface area contributed by atoms with Gasteiger partial charge in [-0.3, -0.25) is 0 Å². The lowest BCUT2D eigenvalue weighted by Gasteiger charge is -2.32. The Morgan fingerprint density at radius 2 is 1.41 bits per heavy atom. The summed E-state index contributed by atoms with van der Waals surface area (Å²) in [6.07, 6.45) is -1.63. The summed E-state index contributed by atoms with van der Waals surface area (Å²) in [7, 11) is 0.913. The Morgan fingerprint density at radius 1 is 1.05 bits per heavy atom. The minimum Gasteiger partial charge on any atom is -0.464 e. The molecular formula is C15H22ClNO4S. The lowest BCUT2D eigenvalue weighted by atomic mass is 9.79. The minimum absolute atomic E-state index is 0.116. The third-order valence-electron chi connectivity index (χ3n) is 3.25. The molecular weight excluding hydrogens is 326 g/mol. The fraction of sp³-hybridized carbons (Fsp3) is 0.533. The van der Waals surface area contributed by atoms with Gasteiger partial charge in [0.15, 0.2) is 0 Å². The highest BCUT2D eigenvalue weighted by Crippen LogP contribution is 2.41. The summed E-state index contributed by atoms with van der Waals surface area (Å²) in [5.74, 6) is 0. The van der Waals surface area contributed by atoms with E-state index in [2.05, 4.69) is 0 Å². The van der Waals surface area contributed by atoms with Gasteiger partial charge in [-0.25, -0.2) is 4.79 Å². The fourth-order valence-electron chi connectivity index (χ4n) is 2.27. The van der Waals surface area contributed by atoms with Gasteiger partial charge in [-0.05, 0) is 22.0 Å². The standard InChI is InChI=1S/C15H22ClNO4S/c1-14(2,3)10-8-7-9-11(15(4,5)6)12(10)17(13(18)19)22(16,20)21/h7-9H,1-6H3,(H,18,19). The van der Waals surface area contributed by atoms with Gasteiger partial charge in [0.25, 0.3) is 0 Å². The maximum atomic E-state index is 11.8. The zero-order valence-electron chi connectivity index (χ0n) is 13.6. The van der Waals surface area contributed by atoms with E-state index in [0.29, 0.717) is 11.1 Å². The van der Waals surface area contributed by atoms with Gasteiger partial charge in [-0.2, -0.15) is 12.7 Å². The van der Waals surface area contributed by atoms with Gasteiger partial charge in [0.1, 0.15) is 0 Å². The van der Waals surface area contributed by atoms with Crippen molar-refractivity contribution in [3.63, 3.8) is 0 Å². The number of carbonyl (C=O) groups is 1. The molecule has 0 aliphatic carbocycles. The monoisotopic (exact) mass is 347 g/mol. The van der Waals surface area contributed by atoms with E-state index in [1.54, 1.807) is 18.2 Å². The molecule has 0 spiro atoms. The lowest BCUT2D eigenvalue weighted by Crippen LogP contribution is -2.36. The van der Waals surface area contributed by atoms with Crippen LogP contribution in [0.4, 0.5) is 10.5 Å². The van der Waals surface area contributed by atoms with Gasteiger partial charge in [-0.1, -0.05) is 59.7 Å². The van der Waals surface area contributed by atoms with Gasteiger partial charge in [0, 0.05) is 10.7 Å². The van der Waals surface area contributed by atoms with Crippen molar-refractivity contribution in [1.29, 1.82) is 0 Å². The third-order valence-corrected chi connectivity index (χ3v) is 4.44. The molecule has 1 aromatic carbocycles. The Bertz CT molecular complexity index is 652. The zero-order valence-corrected chi connectivity index (χ0v) is 15.2. The normalized spacial score (nSPS) is 13.0. The van der Waals surface area contributed by atoms with Crippen LogP contribution >= 0.6 is 10.7 Å². The molecule has 0 aliphatic rings. The maximum absolute atomic E-state index is 11.8. The first-order valence-corrected chi connectivity index (χ1v) is 9.06. The van der Waals surface area contributed by atoms with Crippen molar-refractivity contribution >= 4 is 31.7 Å². The van der Waals surface area contributed by atoms with Crippen LogP contribution in [0.1, 0.15) is 52.7 Å². The topological polar surface area (TPSA) is 74.7 Å². The van der Waals surface area contributed by atoms with Crippen LogP contribution in [0.5, 0.6) is 0 Å². The summed E-state index contributed by atoms with van der Waals surface area (Å²) in [4.78, 5) is 11.6. The second-order valence-electron chi connectivity index (χ2n) is 7.19. The predicted molar refractivity (Wildman–Crippen MR) is 89.1 cm³/mol. The number of hydrogen-bond acceptors (Lipinski definition) is 3. The Hall–Kier alpha value is -1.27. The smallest absolute Gasteiger partial charge is 0.426 e. The SMILES string of the molecule is CC(C)(C)c1cccc(C(C)(C)C)c1N(C(=O)O)S(=O)(=O)Cl. The molecule has 1 N–H and O–H groups in total. The molecule has 1 aromatic rings. The number of amides is 1. The van der Waals surface area contributed by atoms with Crippen LogP contribution in [0.15, 0.2) is 18.2 Å². The summed E-state index contributed by atoms with van der Waals surface area (Å²) in [5.41, 5.74) is 0.417. The Labute approximate surface area is 136 Å². The van der Waals surface area contributed by atoms with Crippen molar-refractivity contribution in [3.05, 3.63) is 29.3 Å². The molecule has 0 aliphatic heterocycles. The summed E-state index contributed by atoms with van der Waals surface area (Å²) >= 11 is 0. The van der Waals surface area contributed by atoms with Gasteiger partial charge >= 0.3 is 15.3 Å². The summed E-state index contributed by atoms with van der Waals surface area (Å²) in [6.45, 7) is 11.3. The van der Waals surface area contributed by atoms with Crippen molar-refractivity contribution in [2.45, 2.75) is 52.4 Å². The fourth-order valence-corrected chi connectivity index (χ4v) is 3.26. The number of halogens is 1. The van der Waals surface area contributed by atoms with Crippen LogP contribution in [0.2, 0.25) is 0 Å². The molecule has 0 atom stereocenters. The second kappa shape index (κ2) is 5.74. The van der Waals surface area contributed by atoms with Crippen LogP contribution in [0.25, 0.3) is 0 Å². The van der Waals surface area contributed by atoms with Gasteiger partial charge in [0.05, 0.1) is 5.69 Å². The van der Waals surface area contributed by atoms with Crippen molar-refractivity contribution < 1.29 is 18.3 Å². The molecule has 22 heavy (non-hydrogen) atoms. The highest BCUT2D eigenvalue weighted by atomic mass is 35.7. The van der Waals surface area contributed by atoms with Crippen LogP contribution in [0, 0.1) is 0 Å². The van der Waals surface area contributed by atoms with Crippen LogP contribution in [-0.4, -0.2) is 19.6 Å². The number of nitrogens with zero attached hydrogens (tertiary/aromatic N) is 1. The molecule has 0 aromatic heterocycles. The molecule has 5 nitrogen and oxygen atoms in total. The van der Waals surface area contributed by atoms with E-state index in [1.165, 1.54) is 0 Å². The van der Waals surface area contributed by atoms with Gasteiger partial charge in [0.2, 0.25) is 0 Å². The first kappa shape index (κ1) is 18.8. The molecule has 0 unspecified atom stereocenters. The van der Waals surface area contributed by atoms with E-state index < -0.39 is 26.2 Å². The molecule has 1 amide bonds. The highest BCUT2D eigenvalue weighted by molar-refractivity contribution is 8.15. The van der Waals surface area contributed by atoms with Gasteiger partial charge in [-0.15, -0.1) is 0 Å². The lowest BCUT2D eigenvalue weighted by molar-refractivity contribution is 0.206. The van der Waals surface area contributed by atoms with Crippen molar-refractivity contribution in [2.24, 2.45) is 0 Å². The van der Waals surface area contributed by atoms with Crippen molar-refractivity contribution in [1.82, 2.24) is 0 Å². The third kappa shape index (κ3) is 3.93. The number of rotatable bonds is 2. The molecule has 0 saturated carbocycles. The first-order valence-electron chi connectivity index (χ1n) is 6.79. The minimum atomic E-state index is -4.48. The van der Waals surface area contributed by atoms with E-state index in [-0.39, 0.29) is 9.99 Å². The zero-order chi connectivity index (χ0) is 17.5. The second-order valence-corrected chi connectivity index (χ2v) is 9.55. The molecule has 1 rings (SSSR count). The average Bonchev–Trinajstić information content (AvgIpc) is 2.23. The molecule has 0 saturated heterocycles. The molecule has 0 fully saturated rings. The number of para-hydroxylation sites is 1. The largest absolute Gasteiger partial charge is 0.464 e. The number of anilines is 1. The van der Waals surface area contributed by atoms with Crippen molar-refractivity contribution in [2.75, 3.05) is 4.31 Å². The Balaban J connectivity index is 3.93. The Kier molecular flexibility index (Phi) is 4.90. The van der Waals surface area contributed by atoms with E-state index in [4.69, 9.17) is 10.7 Å². The van der Waals surface area contributed by atoms with E-state index in [1.807, 2.05) is 41.5 Å². The highest BCUT2D eigenvalue weighted by Gasteiger charge is 2.36. The maximum Gasteiger partial charge on any atom is 0.426 e. The quantitative estimate of drug-likeness (QED) is 0.811.